The number of nitrogens with one attached hydrogen (secondary N) is 1. The summed E-state index contributed by atoms with van der Waals surface area (Å²) >= 11 is 0. The van der Waals surface area contributed by atoms with E-state index >= 15 is 0 Å². The Bertz CT molecular complexity index is 213. The van der Waals surface area contributed by atoms with E-state index in [4.69, 9.17) is 0 Å². The van der Waals surface area contributed by atoms with E-state index in [0.29, 0.717) is 5.41 Å². The minimum atomic E-state index is 0.104. The smallest absolute Gasteiger partial charge is 0.222 e. The lowest BCUT2D eigenvalue weighted by Crippen LogP contribution is -2.31. The quantitative estimate of drug-likeness (QED) is 0.763. The van der Waals surface area contributed by atoms with E-state index in [9.17, 15) is 4.79 Å². The molecule has 0 fully saturated rings. The van der Waals surface area contributed by atoms with Crippen molar-refractivity contribution in [2.75, 3.05) is 7.05 Å². The molecule has 0 bridgehead atoms. The van der Waals surface area contributed by atoms with Crippen molar-refractivity contribution in [3.8, 4) is 0 Å². The SMILES string of the molecule is CNC(=O)C(C)CC(C)(C)CC(C)(C)C. The molecule has 1 N–H and O–H groups in total. The fourth-order valence-electron chi connectivity index (χ4n) is 2.68. The van der Waals surface area contributed by atoms with Gasteiger partial charge in [0, 0.05) is 13.0 Å². The van der Waals surface area contributed by atoms with Gasteiger partial charge in [-0.25, -0.2) is 0 Å². The van der Waals surface area contributed by atoms with Gasteiger partial charge < -0.3 is 5.32 Å². The topological polar surface area (TPSA) is 29.1 Å². The molecule has 0 heterocycles. The van der Waals surface area contributed by atoms with Gasteiger partial charge in [0.05, 0.1) is 0 Å². The summed E-state index contributed by atoms with van der Waals surface area (Å²) in [6.07, 6.45) is 2.09. The first-order valence-electron chi connectivity index (χ1n) is 5.79. The summed E-state index contributed by atoms with van der Waals surface area (Å²) in [5, 5.41) is 2.71. The number of carbonyl (C=O) groups excluding carboxylic acids is 1. The van der Waals surface area contributed by atoms with E-state index in [1.807, 2.05) is 6.92 Å². The Kier molecular flexibility index (Phi) is 4.82. The van der Waals surface area contributed by atoms with Crippen LogP contribution in [0.4, 0.5) is 0 Å². The highest BCUT2D eigenvalue weighted by molar-refractivity contribution is 5.77. The maximum atomic E-state index is 11.4. The minimum Gasteiger partial charge on any atom is -0.359 e. The van der Waals surface area contributed by atoms with Crippen LogP contribution in [0.1, 0.15) is 54.4 Å². The zero-order valence-electron chi connectivity index (χ0n) is 11.4. The van der Waals surface area contributed by atoms with E-state index < -0.39 is 0 Å². The van der Waals surface area contributed by atoms with Gasteiger partial charge in [-0.05, 0) is 23.7 Å². The van der Waals surface area contributed by atoms with E-state index in [0.717, 1.165) is 12.8 Å². The van der Waals surface area contributed by atoms with E-state index in [-0.39, 0.29) is 17.2 Å². The number of amides is 1. The van der Waals surface area contributed by atoms with Crippen LogP contribution in [-0.2, 0) is 4.79 Å². The molecular weight excluding hydrogens is 186 g/mol. The highest BCUT2D eigenvalue weighted by atomic mass is 16.1. The van der Waals surface area contributed by atoms with Crippen LogP contribution in [0.15, 0.2) is 0 Å². The van der Waals surface area contributed by atoms with Crippen LogP contribution >= 0.6 is 0 Å². The molecule has 0 saturated carbocycles. The molecule has 0 aromatic rings. The van der Waals surface area contributed by atoms with Gasteiger partial charge in [0.2, 0.25) is 5.91 Å². The summed E-state index contributed by atoms with van der Waals surface area (Å²) in [5.74, 6) is 0.254. The Morgan fingerprint density at radius 2 is 1.67 bits per heavy atom. The first-order chi connectivity index (χ1) is 6.57. The van der Waals surface area contributed by atoms with Crippen molar-refractivity contribution in [2.45, 2.75) is 54.4 Å². The zero-order valence-corrected chi connectivity index (χ0v) is 11.4. The molecule has 0 saturated heterocycles. The Morgan fingerprint density at radius 1 is 1.20 bits per heavy atom. The van der Waals surface area contributed by atoms with Crippen LogP contribution in [-0.4, -0.2) is 13.0 Å². The van der Waals surface area contributed by atoms with Crippen molar-refractivity contribution in [2.24, 2.45) is 16.7 Å². The average molecular weight is 213 g/mol. The van der Waals surface area contributed by atoms with Gasteiger partial charge in [-0.1, -0.05) is 41.5 Å². The molecule has 15 heavy (non-hydrogen) atoms. The van der Waals surface area contributed by atoms with E-state index in [1.165, 1.54) is 0 Å². The second-order valence-corrected chi connectivity index (χ2v) is 6.62. The van der Waals surface area contributed by atoms with Crippen molar-refractivity contribution < 1.29 is 4.79 Å². The summed E-state index contributed by atoms with van der Waals surface area (Å²) in [7, 11) is 1.70. The summed E-state index contributed by atoms with van der Waals surface area (Å²) < 4.78 is 0. The standard InChI is InChI=1S/C13H27NO/c1-10(11(15)14-7)8-13(5,6)9-12(2,3)4/h10H,8-9H2,1-7H3,(H,14,15). The molecule has 2 heteroatoms. The predicted molar refractivity (Wildman–Crippen MR) is 65.7 cm³/mol. The second-order valence-electron chi connectivity index (χ2n) is 6.62. The molecule has 0 rings (SSSR count). The van der Waals surface area contributed by atoms with Crippen LogP contribution < -0.4 is 5.32 Å². The molecule has 0 aromatic carbocycles. The first kappa shape index (κ1) is 14.5. The Morgan fingerprint density at radius 3 is 2.00 bits per heavy atom. The summed E-state index contributed by atoms with van der Waals surface area (Å²) in [4.78, 5) is 11.4. The molecule has 2 nitrogen and oxygen atoms in total. The second kappa shape index (κ2) is 5.00. The van der Waals surface area contributed by atoms with Gasteiger partial charge in [-0.2, -0.15) is 0 Å². The van der Waals surface area contributed by atoms with Crippen molar-refractivity contribution in [3.05, 3.63) is 0 Å². The lowest BCUT2D eigenvalue weighted by molar-refractivity contribution is -0.125. The number of hydrogen-bond donors (Lipinski definition) is 1. The van der Waals surface area contributed by atoms with Crippen molar-refractivity contribution in [3.63, 3.8) is 0 Å². The van der Waals surface area contributed by atoms with E-state index in [1.54, 1.807) is 7.05 Å². The fourth-order valence-corrected chi connectivity index (χ4v) is 2.68. The van der Waals surface area contributed by atoms with Crippen LogP contribution in [0.5, 0.6) is 0 Å². The number of hydrogen-bond acceptors (Lipinski definition) is 1. The van der Waals surface area contributed by atoms with Gasteiger partial charge in [0.1, 0.15) is 0 Å². The van der Waals surface area contributed by atoms with Gasteiger partial charge in [0.15, 0.2) is 0 Å². The zero-order chi connectivity index (χ0) is 12.3. The monoisotopic (exact) mass is 213 g/mol. The highest BCUT2D eigenvalue weighted by Gasteiger charge is 2.28. The normalized spacial score (nSPS) is 14.9. The van der Waals surface area contributed by atoms with Crippen LogP contribution in [0.2, 0.25) is 0 Å². The molecule has 0 aliphatic heterocycles. The predicted octanol–water partition coefficient (Wildman–Crippen LogP) is 3.22. The molecule has 0 radical (unpaired) electrons. The lowest BCUT2D eigenvalue weighted by atomic mass is 9.72. The maximum Gasteiger partial charge on any atom is 0.222 e. The third-order valence-electron chi connectivity index (χ3n) is 2.56. The van der Waals surface area contributed by atoms with Crippen LogP contribution in [0, 0.1) is 16.7 Å². The van der Waals surface area contributed by atoms with Gasteiger partial charge in [-0.15, -0.1) is 0 Å². The van der Waals surface area contributed by atoms with Crippen molar-refractivity contribution in [1.29, 1.82) is 0 Å². The molecule has 90 valence electrons. The molecular formula is C13H27NO. The molecule has 0 aliphatic carbocycles. The molecule has 0 spiro atoms. The van der Waals surface area contributed by atoms with Crippen molar-refractivity contribution in [1.82, 2.24) is 5.32 Å². The Balaban J connectivity index is 4.31. The average Bonchev–Trinajstić information content (AvgIpc) is 1.96. The van der Waals surface area contributed by atoms with Gasteiger partial charge in [-0.3, -0.25) is 4.79 Å². The third-order valence-corrected chi connectivity index (χ3v) is 2.56. The molecule has 0 aliphatic rings. The lowest BCUT2D eigenvalue weighted by Gasteiger charge is -2.34. The number of rotatable bonds is 4. The van der Waals surface area contributed by atoms with Gasteiger partial charge in [0.25, 0.3) is 0 Å². The maximum absolute atomic E-state index is 11.4. The molecule has 1 amide bonds. The Hall–Kier alpha value is -0.530. The Labute approximate surface area is 94.8 Å². The molecule has 1 unspecified atom stereocenters. The summed E-state index contributed by atoms with van der Waals surface area (Å²) in [6, 6.07) is 0. The first-order valence-corrected chi connectivity index (χ1v) is 5.79. The van der Waals surface area contributed by atoms with Crippen LogP contribution in [0.3, 0.4) is 0 Å². The van der Waals surface area contributed by atoms with Crippen molar-refractivity contribution >= 4 is 5.91 Å². The molecule has 1 atom stereocenters. The number of carbonyl (C=O) groups is 1. The largest absolute Gasteiger partial charge is 0.359 e. The highest BCUT2D eigenvalue weighted by Crippen LogP contribution is 2.37. The van der Waals surface area contributed by atoms with Gasteiger partial charge >= 0.3 is 0 Å². The van der Waals surface area contributed by atoms with E-state index in [2.05, 4.69) is 39.9 Å². The fraction of sp³-hybridized carbons (Fsp3) is 0.923. The summed E-state index contributed by atoms with van der Waals surface area (Å²) in [5.41, 5.74) is 0.552. The minimum absolute atomic E-state index is 0.104. The molecule has 0 aromatic heterocycles. The summed E-state index contributed by atoms with van der Waals surface area (Å²) in [6.45, 7) is 13.2. The third kappa shape index (κ3) is 6.53. The van der Waals surface area contributed by atoms with Crippen LogP contribution in [0.25, 0.3) is 0 Å².